The molecule has 0 aliphatic carbocycles. The lowest BCUT2D eigenvalue weighted by Gasteiger charge is -2.27. The maximum Gasteiger partial charge on any atom is 0.320 e. The van der Waals surface area contributed by atoms with Gasteiger partial charge in [0, 0.05) is 30.6 Å². The Bertz CT molecular complexity index is 1050. The Morgan fingerprint density at radius 1 is 1.09 bits per heavy atom. The van der Waals surface area contributed by atoms with Crippen molar-refractivity contribution >= 4 is 17.6 Å². The van der Waals surface area contributed by atoms with Gasteiger partial charge >= 0.3 is 5.97 Å². The van der Waals surface area contributed by atoms with Gasteiger partial charge in [0.05, 0.1) is 32.8 Å². The molecule has 0 saturated carbocycles. The number of carbonyl (C=O) groups is 2. The van der Waals surface area contributed by atoms with Crippen molar-refractivity contribution in [2.45, 2.75) is 20.4 Å². The minimum atomic E-state index is -1.13. The summed E-state index contributed by atoms with van der Waals surface area (Å²) in [6.07, 6.45) is 4.83. The van der Waals surface area contributed by atoms with E-state index < -0.39 is 17.8 Å². The average molecular weight is 452 g/mol. The smallest absolute Gasteiger partial charge is 0.320 e. The highest BCUT2D eigenvalue weighted by Crippen LogP contribution is 2.35. The number of methoxy groups -OCH3 is 1. The van der Waals surface area contributed by atoms with E-state index in [9.17, 15) is 9.59 Å². The molecule has 2 aromatic carbocycles. The lowest BCUT2D eigenvalue weighted by molar-refractivity contribution is -0.155. The number of anilines is 1. The average Bonchev–Trinajstić information content (AvgIpc) is 3.35. The van der Waals surface area contributed by atoms with Crippen LogP contribution in [0.2, 0.25) is 0 Å². The van der Waals surface area contributed by atoms with E-state index in [0.717, 1.165) is 16.2 Å². The molecule has 0 aliphatic heterocycles. The molecule has 1 atom stereocenters. The summed E-state index contributed by atoms with van der Waals surface area (Å²) >= 11 is 0. The second-order valence-corrected chi connectivity index (χ2v) is 7.90. The standard InChI is InChI=1S/C25H29N3O5/c1-18(2)16-33-25(30)22(15-27-13-12-26-17-27)24(29)28(32-4)23-14-20(31-3)10-11-21(23)19-8-6-5-7-9-19/h5-14,17-18,22H,15-16H2,1-4H3/t22-/m0/s1. The summed E-state index contributed by atoms with van der Waals surface area (Å²) in [7, 11) is 2.94. The predicted octanol–water partition coefficient (Wildman–Crippen LogP) is 3.97. The number of benzene rings is 2. The largest absolute Gasteiger partial charge is 0.497 e. The van der Waals surface area contributed by atoms with Crippen LogP contribution in [0.3, 0.4) is 0 Å². The fourth-order valence-corrected chi connectivity index (χ4v) is 3.33. The topological polar surface area (TPSA) is 82.9 Å². The first kappa shape index (κ1) is 24.0. The van der Waals surface area contributed by atoms with Crippen LogP contribution < -0.4 is 9.80 Å². The predicted molar refractivity (Wildman–Crippen MR) is 124 cm³/mol. The lowest BCUT2D eigenvalue weighted by Crippen LogP contribution is -2.42. The summed E-state index contributed by atoms with van der Waals surface area (Å²) in [5.74, 6) is -1.61. The van der Waals surface area contributed by atoms with Gasteiger partial charge < -0.3 is 14.0 Å². The molecule has 1 heterocycles. The van der Waals surface area contributed by atoms with Gasteiger partial charge in [-0.15, -0.1) is 0 Å². The molecule has 1 aromatic heterocycles. The summed E-state index contributed by atoms with van der Waals surface area (Å²) in [4.78, 5) is 36.2. The van der Waals surface area contributed by atoms with Gasteiger partial charge in [0.1, 0.15) is 5.75 Å². The Hall–Kier alpha value is -3.65. The molecule has 0 N–H and O–H groups in total. The molecule has 1 amide bonds. The zero-order valence-corrected chi connectivity index (χ0v) is 19.3. The number of ether oxygens (including phenoxy) is 2. The molecule has 0 spiro atoms. The summed E-state index contributed by atoms with van der Waals surface area (Å²) in [5.41, 5.74) is 2.10. The molecule has 0 radical (unpaired) electrons. The van der Waals surface area contributed by atoms with E-state index >= 15 is 0 Å². The van der Waals surface area contributed by atoms with E-state index in [0.29, 0.717) is 11.4 Å². The highest BCUT2D eigenvalue weighted by molar-refractivity contribution is 6.06. The molecular formula is C25H29N3O5. The number of hydrogen-bond acceptors (Lipinski definition) is 6. The second kappa shape index (κ2) is 11.3. The zero-order chi connectivity index (χ0) is 23.8. The maximum absolute atomic E-state index is 13.7. The molecule has 0 fully saturated rings. The van der Waals surface area contributed by atoms with Gasteiger partial charge in [-0.3, -0.25) is 14.4 Å². The fraction of sp³-hybridized carbons (Fsp3) is 0.320. The highest BCUT2D eigenvalue weighted by atomic mass is 16.7. The van der Waals surface area contributed by atoms with Crippen LogP contribution >= 0.6 is 0 Å². The number of carbonyl (C=O) groups excluding carboxylic acids is 2. The Morgan fingerprint density at radius 2 is 1.85 bits per heavy atom. The third-order valence-electron chi connectivity index (χ3n) is 4.99. The Morgan fingerprint density at radius 3 is 2.45 bits per heavy atom. The molecule has 0 unspecified atom stereocenters. The van der Waals surface area contributed by atoms with Crippen molar-refractivity contribution in [3.63, 3.8) is 0 Å². The third kappa shape index (κ3) is 5.98. The van der Waals surface area contributed by atoms with Crippen LogP contribution in [0.25, 0.3) is 11.1 Å². The van der Waals surface area contributed by atoms with Crippen molar-refractivity contribution < 1.29 is 23.9 Å². The molecule has 8 nitrogen and oxygen atoms in total. The van der Waals surface area contributed by atoms with Gasteiger partial charge in [-0.05, 0) is 23.6 Å². The minimum absolute atomic E-state index is 0.0697. The number of rotatable bonds is 10. The summed E-state index contributed by atoms with van der Waals surface area (Å²) in [6, 6.07) is 15.0. The Kier molecular flexibility index (Phi) is 8.21. The third-order valence-corrected chi connectivity index (χ3v) is 4.99. The molecule has 174 valence electrons. The van der Waals surface area contributed by atoms with Gasteiger partial charge in [-0.25, -0.2) is 4.98 Å². The van der Waals surface area contributed by atoms with Gasteiger partial charge in [-0.1, -0.05) is 44.2 Å². The molecule has 3 aromatic rings. The number of aromatic nitrogens is 2. The van der Waals surface area contributed by atoms with Crippen LogP contribution in [0.4, 0.5) is 5.69 Å². The van der Waals surface area contributed by atoms with Crippen molar-refractivity contribution in [1.82, 2.24) is 9.55 Å². The monoisotopic (exact) mass is 451 g/mol. The van der Waals surface area contributed by atoms with Crippen LogP contribution in [0.1, 0.15) is 13.8 Å². The van der Waals surface area contributed by atoms with Gasteiger partial charge in [0.25, 0.3) is 5.91 Å². The van der Waals surface area contributed by atoms with Crippen LogP contribution in [-0.2, 0) is 25.7 Å². The molecule has 0 saturated heterocycles. The number of nitrogens with zero attached hydrogens (tertiary/aromatic N) is 3. The molecular weight excluding hydrogens is 422 g/mol. The molecule has 3 rings (SSSR count). The van der Waals surface area contributed by atoms with Crippen LogP contribution in [-0.4, -0.2) is 42.3 Å². The molecule has 0 bridgehead atoms. The maximum atomic E-state index is 13.7. The van der Waals surface area contributed by atoms with Gasteiger partial charge in [0.15, 0.2) is 5.92 Å². The van der Waals surface area contributed by atoms with Crippen LogP contribution in [0.5, 0.6) is 5.75 Å². The lowest BCUT2D eigenvalue weighted by atomic mass is 10.0. The summed E-state index contributed by atoms with van der Waals surface area (Å²) in [6.45, 7) is 4.15. The van der Waals surface area contributed by atoms with Crippen LogP contribution in [0.15, 0.2) is 67.3 Å². The number of esters is 1. The van der Waals surface area contributed by atoms with Crippen molar-refractivity contribution in [3.05, 3.63) is 67.3 Å². The normalized spacial score (nSPS) is 11.8. The number of imidazole rings is 1. The number of hydrogen-bond donors (Lipinski definition) is 0. The summed E-state index contributed by atoms with van der Waals surface area (Å²) < 4.78 is 12.5. The quantitative estimate of drug-likeness (QED) is 0.264. The van der Waals surface area contributed by atoms with Gasteiger partial charge in [0.2, 0.25) is 0 Å². The van der Waals surface area contributed by atoms with Crippen molar-refractivity contribution in [3.8, 4) is 16.9 Å². The second-order valence-electron chi connectivity index (χ2n) is 7.90. The SMILES string of the molecule is COc1ccc(-c2ccccc2)c(N(OC)C(=O)[C@H](Cn2ccnc2)C(=O)OCC(C)C)c1. The minimum Gasteiger partial charge on any atom is -0.497 e. The summed E-state index contributed by atoms with van der Waals surface area (Å²) in [5, 5.41) is 1.13. The van der Waals surface area contributed by atoms with E-state index in [1.54, 1.807) is 36.5 Å². The van der Waals surface area contributed by atoms with E-state index in [1.165, 1.54) is 7.11 Å². The van der Waals surface area contributed by atoms with E-state index in [-0.39, 0.29) is 19.1 Å². The van der Waals surface area contributed by atoms with E-state index in [4.69, 9.17) is 14.3 Å². The zero-order valence-electron chi connectivity index (χ0n) is 19.3. The van der Waals surface area contributed by atoms with Crippen molar-refractivity contribution in [2.75, 3.05) is 25.9 Å². The molecule has 33 heavy (non-hydrogen) atoms. The van der Waals surface area contributed by atoms with Crippen LogP contribution in [0, 0.1) is 11.8 Å². The number of amides is 1. The number of hydroxylamine groups is 1. The van der Waals surface area contributed by atoms with Gasteiger partial charge in [-0.2, -0.15) is 5.06 Å². The fourth-order valence-electron chi connectivity index (χ4n) is 3.33. The Labute approximate surface area is 193 Å². The molecule has 8 heteroatoms. The first-order chi connectivity index (χ1) is 15.9. The van der Waals surface area contributed by atoms with Crippen molar-refractivity contribution in [2.24, 2.45) is 11.8 Å². The van der Waals surface area contributed by atoms with E-state index in [1.807, 2.05) is 56.3 Å². The Balaban J connectivity index is 2.01. The first-order valence-electron chi connectivity index (χ1n) is 10.7. The molecule has 0 aliphatic rings. The first-order valence-corrected chi connectivity index (χ1v) is 10.7. The van der Waals surface area contributed by atoms with E-state index in [2.05, 4.69) is 4.98 Å². The van der Waals surface area contributed by atoms with Crippen molar-refractivity contribution in [1.29, 1.82) is 0 Å². The highest BCUT2D eigenvalue weighted by Gasteiger charge is 2.35.